The molecule has 0 atom stereocenters. The van der Waals surface area contributed by atoms with E-state index in [0.29, 0.717) is 23.2 Å². The van der Waals surface area contributed by atoms with Gasteiger partial charge in [0.05, 0.1) is 11.3 Å². The van der Waals surface area contributed by atoms with Gasteiger partial charge in [0.25, 0.3) is 5.91 Å². The number of nitrogens with zero attached hydrogens (tertiary/aromatic N) is 3. The highest BCUT2D eigenvalue weighted by molar-refractivity contribution is 9.10. The largest absolute Gasteiger partial charge is 0.408 e. The van der Waals surface area contributed by atoms with Crippen molar-refractivity contribution in [2.75, 3.05) is 23.7 Å². The van der Waals surface area contributed by atoms with Gasteiger partial charge >= 0.3 is 12.0 Å². The molecule has 1 aromatic carbocycles. The number of carbonyl (C=O) groups excluding carboxylic acids is 2. The van der Waals surface area contributed by atoms with Crippen LogP contribution in [-0.4, -0.2) is 40.1 Å². The normalized spacial score (nSPS) is 10.5. The van der Waals surface area contributed by atoms with Gasteiger partial charge in [-0.2, -0.15) is 0 Å². The monoisotopic (exact) mass is 427 g/mol. The maximum absolute atomic E-state index is 14.4. The third kappa shape index (κ3) is 4.18. The average molecular weight is 428 g/mol. The van der Waals surface area contributed by atoms with E-state index in [-0.39, 0.29) is 29.1 Å². The molecule has 0 aliphatic heterocycles. The maximum atomic E-state index is 14.4. The lowest BCUT2D eigenvalue weighted by molar-refractivity contribution is 0.101. The topological polar surface area (TPSA) is 100 Å². The van der Waals surface area contributed by atoms with Gasteiger partial charge in [-0.1, -0.05) is 5.10 Å². The number of benzene rings is 1. The van der Waals surface area contributed by atoms with Crippen LogP contribution in [-0.2, 0) is 0 Å². The molecule has 0 spiro atoms. The summed E-state index contributed by atoms with van der Waals surface area (Å²) in [6.45, 7) is 7.84. The number of rotatable bonds is 5. The van der Waals surface area contributed by atoms with Gasteiger partial charge in [0.2, 0.25) is 5.89 Å². The zero-order valence-corrected chi connectivity index (χ0v) is 16.4. The zero-order valence-electron chi connectivity index (χ0n) is 14.8. The molecule has 0 aliphatic rings. The predicted octanol–water partition coefficient (Wildman–Crippen LogP) is 3.71. The molecule has 140 valence electrons. The van der Waals surface area contributed by atoms with Crippen molar-refractivity contribution in [1.82, 2.24) is 15.1 Å². The Kier molecular flexibility index (Phi) is 6.30. The van der Waals surface area contributed by atoms with Crippen LogP contribution in [0.4, 0.5) is 20.9 Å². The van der Waals surface area contributed by atoms with Gasteiger partial charge in [-0.3, -0.25) is 10.1 Å². The van der Waals surface area contributed by atoms with E-state index in [0.717, 1.165) is 6.07 Å². The Morgan fingerprint density at radius 3 is 2.42 bits per heavy atom. The summed E-state index contributed by atoms with van der Waals surface area (Å²) in [7, 11) is 0. The predicted molar refractivity (Wildman–Crippen MR) is 97.8 cm³/mol. The van der Waals surface area contributed by atoms with Crippen molar-refractivity contribution >= 4 is 39.6 Å². The smallest absolute Gasteiger partial charge is 0.322 e. The van der Waals surface area contributed by atoms with Crippen LogP contribution in [0.25, 0.3) is 0 Å². The fraction of sp³-hybridized carbons (Fsp3) is 0.375. The van der Waals surface area contributed by atoms with Crippen LogP contribution in [0, 0.1) is 19.7 Å². The molecule has 0 unspecified atom stereocenters. The quantitative estimate of drug-likeness (QED) is 0.756. The molecule has 0 aliphatic carbocycles. The molecule has 0 saturated heterocycles. The van der Waals surface area contributed by atoms with E-state index >= 15 is 0 Å². The summed E-state index contributed by atoms with van der Waals surface area (Å²) in [6.07, 6.45) is 0. The summed E-state index contributed by atoms with van der Waals surface area (Å²) in [5, 5.41) is 12.3. The van der Waals surface area contributed by atoms with Crippen molar-refractivity contribution in [3.63, 3.8) is 0 Å². The Bertz CT molecular complexity index is 836. The summed E-state index contributed by atoms with van der Waals surface area (Å²) in [5.74, 6) is -1.24. The number of carbonyl (C=O) groups is 2. The molecule has 2 N–H and O–H groups in total. The van der Waals surface area contributed by atoms with Crippen molar-refractivity contribution in [2.45, 2.75) is 27.7 Å². The molecule has 0 fully saturated rings. The number of anilines is 2. The Morgan fingerprint density at radius 1 is 1.23 bits per heavy atom. The Hall–Kier alpha value is -2.49. The minimum absolute atomic E-state index is 0.136. The highest BCUT2D eigenvalue weighted by Gasteiger charge is 2.23. The summed E-state index contributed by atoms with van der Waals surface area (Å²) in [6, 6.07) is 0.644. The van der Waals surface area contributed by atoms with Crippen LogP contribution in [0.1, 0.15) is 35.7 Å². The lowest BCUT2D eigenvalue weighted by Crippen LogP contribution is -2.35. The van der Waals surface area contributed by atoms with E-state index in [4.69, 9.17) is 4.42 Å². The van der Waals surface area contributed by atoms with Gasteiger partial charge in [-0.15, -0.1) is 5.10 Å². The molecule has 3 amide bonds. The number of aryl methyl sites for hydroxylation is 1. The number of amides is 3. The van der Waals surface area contributed by atoms with E-state index < -0.39 is 11.7 Å². The molecule has 0 saturated carbocycles. The van der Waals surface area contributed by atoms with Crippen LogP contribution < -0.4 is 10.6 Å². The molecular formula is C16H19BrFN5O3. The molecule has 0 radical (unpaired) electrons. The van der Waals surface area contributed by atoms with E-state index in [2.05, 4.69) is 36.8 Å². The summed E-state index contributed by atoms with van der Waals surface area (Å²) in [4.78, 5) is 26.3. The fourth-order valence-corrected chi connectivity index (χ4v) is 2.97. The molecule has 2 rings (SSSR count). The average Bonchev–Trinajstić information content (AvgIpc) is 2.97. The number of nitrogens with one attached hydrogen (secondary N) is 2. The standard InChI is InChI=1S/C16H19BrFN5O3/c1-5-23(6-2)16(25)19-13-8(3)12(11(18)7-10(13)17)14(24)20-15-22-21-9(4)26-15/h7H,5-6H2,1-4H3,(H,19,25)(H,20,22,24). The molecular weight excluding hydrogens is 409 g/mol. The van der Waals surface area contributed by atoms with Gasteiger partial charge in [0.1, 0.15) is 5.82 Å². The lowest BCUT2D eigenvalue weighted by Gasteiger charge is -2.21. The first-order chi connectivity index (χ1) is 12.3. The minimum atomic E-state index is -0.755. The number of halogens is 2. The maximum Gasteiger partial charge on any atom is 0.322 e. The fourth-order valence-electron chi connectivity index (χ4n) is 2.37. The highest BCUT2D eigenvalue weighted by atomic mass is 79.9. The summed E-state index contributed by atoms with van der Waals surface area (Å²) in [5.41, 5.74) is 0.361. The molecule has 10 heteroatoms. The van der Waals surface area contributed by atoms with Gasteiger partial charge in [-0.05, 0) is 48.3 Å². The van der Waals surface area contributed by atoms with Crippen LogP contribution in [0.2, 0.25) is 0 Å². The van der Waals surface area contributed by atoms with Crippen LogP contribution in [0.15, 0.2) is 15.0 Å². The van der Waals surface area contributed by atoms with E-state index in [1.165, 1.54) is 0 Å². The second kappa shape index (κ2) is 8.26. The van der Waals surface area contributed by atoms with Gasteiger partial charge in [-0.25, -0.2) is 9.18 Å². The molecule has 26 heavy (non-hydrogen) atoms. The van der Waals surface area contributed by atoms with Crippen molar-refractivity contribution in [3.8, 4) is 0 Å². The van der Waals surface area contributed by atoms with Crippen LogP contribution in [0.5, 0.6) is 0 Å². The first-order valence-corrected chi connectivity index (χ1v) is 8.73. The minimum Gasteiger partial charge on any atom is -0.408 e. The first kappa shape index (κ1) is 19.8. The van der Waals surface area contributed by atoms with Crippen molar-refractivity contribution in [3.05, 3.63) is 33.4 Å². The van der Waals surface area contributed by atoms with E-state index in [1.807, 2.05) is 13.8 Å². The molecule has 2 aromatic rings. The van der Waals surface area contributed by atoms with Crippen LogP contribution in [0.3, 0.4) is 0 Å². The third-order valence-electron chi connectivity index (χ3n) is 3.74. The highest BCUT2D eigenvalue weighted by Crippen LogP contribution is 2.31. The number of aromatic nitrogens is 2. The van der Waals surface area contributed by atoms with Crippen molar-refractivity contribution in [2.24, 2.45) is 0 Å². The Balaban J connectivity index is 2.35. The van der Waals surface area contributed by atoms with Crippen LogP contribution >= 0.6 is 15.9 Å². The Morgan fingerprint density at radius 2 is 1.88 bits per heavy atom. The van der Waals surface area contributed by atoms with Gasteiger partial charge in [0, 0.05) is 24.5 Å². The van der Waals surface area contributed by atoms with E-state index in [1.54, 1.807) is 18.7 Å². The molecule has 0 bridgehead atoms. The summed E-state index contributed by atoms with van der Waals surface area (Å²) < 4.78 is 19.8. The third-order valence-corrected chi connectivity index (χ3v) is 4.36. The van der Waals surface area contributed by atoms with Gasteiger partial charge in [0.15, 0.2) is 0 Å². The van der Waals surface area contributed by atoms with E-state index in [9.17, 15) is 14.0 Å². The van der Waals surface area contributed by atoms with Crippen molar-refractivity contribution < 1.29 is 18.4 Å². The lowest BCUT2D eigenvalue weighted by atomic mass is 10.1. The van der Waals surface area contributed by atoms with Crippen molar-refractivity contribution in [1.29, 1.82) is 0 Å². The zero-order chi connectivity index (χ0) is 19.4. The Labute approximate surface area is 158 Å². The SMILES string of the molecule is CCN(CC)C(=O)Nc1c(Br)cc(F)c(C(=O)Nc2nnc(C)o2)c1C. The second-order valence-electron chi connectivity index (χ2n) is 5.40. The second-order valence-corrected chi connectivity index (χ2v) is 6.25. The molecule has 1 heterocycles. The molecule has 8 nitrogen and oxygen atoms in total. The van der Waals surface area contributed by atoms with Gasteiger partial charge < -0.3 is 14.6 Å². The molecule has 1 aromatic heterocycles. The summed E-state index contributed by atoms with van der Waals surface area (Å²) >= 11 is 3.23. The first-order valence-electron chi connectivity index (χ1n) is 7.94. The number of urea groups is 1. The number of hydrogen-bond acceptors (Lipinski definition) is 5. The number of hydrogen-bond donors (Lipinski definition) is 2.